The summed E-state index contributed by atoms with van der Waals surface area (Å²) in [5.74, 6) is -0.436. The zero-order valence-electron chi connectivity index (χ0n) is 11.2. The number of amides is 2. The van der Waals surface area contributed by atoms with Crippen LogP contribution in [0.4, 0.5) is 11.4 Å². The summed E-state index contributed by atoms with van der Waals surface area (Å²) >= 11 is 3.34. The third-order valence-electron chi connectivity index (χ3n) is 2.51. The average Bonchev–Trinajstić information content (AvgIpc) is 2.32. The van der Waals surface area contributed by atoms with E-state index in [-0.39, 0.29) is 17.7 Å². The van der Waals surface area contributed by atoms with Crippen molar-refractivity contribution in [1.29, 1.82) is 0 Å². The normalized spacial score (nSPS) is 11.8. The van der Waals surface area contributed by atoms with Crippen LogP contribution in [0.2, 0.25) is 0 Å². The van der Waals surface area contributed by atoms with E-state index in [2.05, 4.69) is 31.9 Å². The van der Waals surface area contributed by atoms with Crippen molar-refractivity contribution in [3.05, 3.63) is 22.7 Å². The predicted molar refractivity (Wildman–Crippen MR) is 80.2 cm³/mol. The van der Waals surface area contributed by atoms with E-state index >= 15 is 0 Å². The lowest BCUT2D eigenvalue weighted by Gasteiger charge is -2.15. The molecule has 5 nitrogen and oxygen atoms in total. The van der Waals surface area contributed by atoms with Gasteiger partial charge in [-0.05, 0) is 25.2 Å². The first-order valence-electron chi connectivity index (χ1n) is 5.96. The van der Waals surface area contributed by atoms with Crippen LogP contribution in [0.1, 0.15) is 13.8 Å². The van der Waals surface area contributed by atoms with Crippen molar-refractivity contribution in [3.63, 3.8) is 0 Å². The predicted octanol–water partition coefficient (Wildman–Crippen LogP) is 2.20. The Labute approximate surface area is 121 Å². The van der Waals surface area contributed by atoms with Crippen molar-refractivity contribution in [2.24, 2.45) is 5.92 Å². The van der Waals surface area contributed by atoms with Crippen LogP contribution in [-0.4, -0.2) is 25.4 Å². The summed E-state index contributed by atoms with van der Waals surface area (Å²) in [6.45, 7) is 3.86. The minimum absolute atomic E-state index is 0.0981. The number of anilines is 2. The first kappa shape index (κ1) is 15.7. The fourth-order valence-electron chi connectivity index (χ4n) is 1.57. The maximum absolute atomic E-state index is 12.0. The van der Waals surface area contributed by atoms with Crippen LogP contribution in [-0.2, 0) is 9.59 Å². The SMILES string of the molecule is CNCC(C)C(=O)Nc1cc(Br)ccc1NC(C)=O. The van der Waals surface area contributed by atoms with Gasteiger partial charge < -0.3 is 16.0 Å². The molecule has 0 radical (unpaired) electrons. The van der Waals surface area contributed by atoms with Gasteiger partial charge in [-0.3, -0.25) is 9.59 Å². The second kappa shape index (κ2) is 7.25. The van der Waals surface area contributed by atoms with E-state index < -0.39 is 0 Å². The van der Waals surface area contributed by atoms with Gasteiger partial charge in [-0.2, -0.15) is 0 Å². The standard InChI is InChI=1S/C13H18BrN3O2/c1-8(7-15-3)13(19)17-12-6-10(14)4-5-11(12)16-9(2)18/h4-6,8,15H,7H2,1-3H3,(H,16,18)(H,17,19). The number of nitrogens with one attached hydrogen (secondary N) is 3. The highest BCUT2D eigenvalue weighted by atomic mass is 79.9. The molecular weight excluding hydrogens is 310 g/mol. The van der Waals surface area contributed by atoms with E-state index in [0.29, 0.717) is 17.9 Å². The minimum atomic E-state index is -0.180. The lowest BCUT2D eigenvalue weighted by Crippen LogP contribution is -2.29. The molecule has 0 heterocycles. The van der Waals surface area contributed by atoms with E-state index in [0.717, 1.165) is 4.47 Å². The third kappa shape index (κ3) is 5.00. The second-order valence-electron chi connectivity index (χ2n) is 4.32. The number of hydrogen-bond donors (Lipinski definition) is 3. The van der Waals surface area contributed by atoms with Gasteiger partial charge in [-0.1, -0.05) is 22.9 Å². The number of rotatable bonds is 5. The number of carbonyl (C=O) groups is 2. The summed E-state index contributed by atoms with van der Waals surface area (Å²) in [5.41, 5.74) is 1.17. The first-order chi connectivity index (χ1) is 8.93. The molecule has 0 spiro atoms. The van der Waals surface area contributed by atoms with Gasteiger partial charge in [0, 0.05) is 23.9 Å². The van der Waals surface area contributed by atoms with Gasteiger partial charge in [0.05, 0.1) is 11.4 Å². The number of halogens is 1. The molecule has 0 fully saturated rings. The van der Waals surface area contributed by atoms with E-state index in [1.807, 2.05) is 6.92 Å². The van der Waals surface area contributed by atoms with Gasteiger partial charge in [0.1, 0.15) is 0 Å². The largest absolute Gasteiger partial charge is 0.325 e. The van der Waals surface area contributed by atoms with E-state index in [9.17, 15) is 9.59 Å². The molecule has 0 saturated heterocycles. The van der Waals surface area contributed by atoms with Crippen LogP contribution >= 0.6 is 15.9 Å². The lowest BCUT2D eigenvalue weighted by molar-refractivity contribution is -0.119. The van der Waals surface area contributed by atoms with Crippen molar-refractivity contribution in [2.45, 2.75) is 13.8 Å². The van der Waals surface area contributed by atoms with Gasteiger partial charge in [0.2, 0.25) is 11.8 Å². The molecule has 0 aliphatic carbocycles. The minimum Gasteiger partial charge on any atom is -0.325 e. The maximum Gasteiger partial charge on any atom is 0.228 e. The molecule has 0 bridgehead atoms. The fraction of sp³-hybridized carbons (Fsp3) is 0.385. The van der Waals surface area contributed by atoms with E-state index in [4.69, 9.17) is 0 Å². The fourth-order valence-corrected chi connectivity index (χ4v) is 1.93. The Morgan fingerprint density at radius 3 is 2.53 bits per heavy atom. The Bertz CT molecular complexity index is 477. The Morgan fingerprint density at radius 2 is 1.95 bits per heavy atom. The van der Waals surface area contributed by atoms with Crippen LogP contribution in [0.15, 0.2) is 22.7 Å². The molecule has 2 amide bonds. The van der Waals surface area contributed by atoms with Gasteiger partial charge >= 0.3 is 0 Å². The molecule has 1 atom stereocenters. The molecule has 104 valence electrons. The monoisotopic (exact) mass is 327 g/mol. The van der Waals surface area contributed by atoms with E-state index in [1.165, 1.54) is 6.92 Å². The average molecular weight is 328 g/mol. The Hall–Kier alpha value is -1.40. The number of benzene rings is 1. The van der Waals surface area contributed by atoms with Crippen molar-refractivity contribution in [2.75, 3.05) is 24.2 Å². The quantitative estimate of drug-likeness (QED) is 0.776. The molecule has 19 heavy (non-hydrogen) atoms. The number of carbonyl (C=O) groups excluding carboxylic acids is 2. The van der Waals surface area contributed by atoms with E-state index in [1.54, 1.807) is 25.2 Å². The lowest BCUT2D eigenvalue weighted by atomic mass is 10.1. The van der Waals surface area contributed by atoms with Gasteiger partial charge in [0.15, 0.2) is 0 Å². The summed E-state index contributed by atoms with van der Waals surface area (Å²) in [5, 5.41) is 8.46. The highest BCUT2D eigenvalue weighted by molar-refractivity contribution is 9.10. The molecule has 1 aromatic carbocycles. The van der Waals surface area contributed by atoms with Gasteiger partial charge in [0.25, 0.3) is 0 Å². The van der Waals surface area contributed by atoms with Crippen LogP contribution in [0, 0.1) is 5.92 Å². The smallest absolute Gasteiger partial charge is 0.228 e. The van der Waals surface area contributed by atoms with Gasteiger partial charge in [-0.25, -0.2) is 0 Å². The third-order valence-corrected chi connectivity index (χ3v) is 3.00. The molecule has 0 aliphatic heterocycles. The highest BCUT2D eigenvalue weighted by Gasteiger charge is 2.14. The zero-order valence-corrected chi connectivity index (χ0v) is 12.8. The Morgan fingerprint density at radius 1 is 1.26 bits per heavy atom. The first-order valence-corrected chi connectivity index (χ1v) is 6.76. The zero-order chi connectivity index (χ0) is 14.4. The molecule has 3 N–H and O–H groups in total. The molecule has 0 aromatic heterocycles. The van der Waals surface area contributed by atoms with Gasteiger partial charge in [-0.15, -0.1) is 0 Å². The molecule has 1 aromatic rings. The number of hydrogen-bond acceptors (Lipinski definition) is 3. The maximum atomic E-state index is 12.0. The summed E-state index contributed by atoms with van der Waals surface area (Å²) in [6, 6.07) is 5.30. The summed E-state index contributed by atoms with van der Waals surface area (Å²) in [4.78, 5) is 23.1. The van der Waals surface area contributed by atoms with Crippen LogP contribution < -0.4 is 16.0 Å². The Balaban J connectivity index is 2.89. The highest BCUT2D eigenvalue weighted by Crippen LogP contribution is 2.26. The van der Waals surface area contributed by atoms with Crippen molar-refractivity contribution >= 4 is 39.1 Å². The molecule has 6 heteroatoms. The molecule has 0 saturated carbocycles. The molecular formula is C13H18BrN3O2. The molecule has 1 unspecified atom stereocenters. The Kier molecular flexibility index (Phi) is 5.98. The molecule has 0 aliphatic rings. The molecule has 1 rings (SSSR count). The summed E-state index contributed by atoms with van der Waals surface area (Å²) in [6.07, 6.45) is 0. The van der Waals surface area contributed by atoms with Crippen LogP contribution in [0.25, 0.3) is 0 Å². The van der Waals surface area contributed by atoms with Crippen molar-refractivity contribution in [3.8, 4) is 0 Å². The van der Waals surface area contributed by atoms with Crippen LogP contribution in [0.3, 0.4) is 0 Å². The van der Waals surface area contributed by atoms with Crippen molar-refractivity contribution in [1.82, 2.24) is 5.32 Å². The second-order valence-corrected chi connectivity index (χ2v) is 5.23. The van der Waals surface area contributed by atoms with Crippen LogP contribution in [0.5, 0.6) is 0 Å². The summed E-state index contributed by atoms with van der Waals surface area (Å²) in [7, 11) is 1.80. The summed E-state index contributed by atoms with van der Waals surface area (Å²) < 4.78 is 0.832. The van der Waals surface area contributed by atoms with Crippen molar-refractivity contribution < 1.29 is 9.59 Å². The topological polar surface area (TPSA) is 70.2 Å².